The molecular formula is C21H36N7O9P. The molecule has 3 rings (SSSR count). The second kappa shape index (κ2) is 12.3. The van der Waals surface area contributed by atoms with Gasteiger partial charge in [-0.15, -0.1) is 5.10 Å². The lowest BCUT2D eigenvalue weighted by molar-refractivity contribution is -0.148. The summed E-state index contributed by atoms with van der Waals surface area (Å²) in [6, 6.07) is -0.690. The summed E-state index contributed by atoms with van der Waals surface area (Å²) < 4.78 is 26.4. The summed E-state index contributed by atoms with van der Waals surface area (Å²) in [5.41, 5.74) is -0.152. The van der Waals surface area contributed by atoms with Crippen molar-refractivity contribution in [3.8, 4) is 0 Å². The minimum Gasteiger partial charge on any atom is -0.479 e. The molecule has 0 aromatic carbocycles. The molecule has 5 atom stereocenters. The highest BCUT2D eigenvalue weighted by atomic mass is 31.2. The lowest BCUT2D eigenvalue weighted by Gasteiger charge is -2.30. The largest absolute Gasteiger partial charge is 0.479 e. The summed E-state index contributed by atoms with van der Waals surface area (Å²) in [5, 5.41) is 58.2. The van der Waals surface area contributed by atoms with Crippen molar-refractivity contribution in [3.63, 3.8) is 0 Å². The number of aliphatic carboxylic acids is 1. The molecule has 6 N–H and O–H groups in total. The molecule has 0 spiro atoms. The number of aromatic nitrogens is 5. The Morgan fingerprint density at radius 3 is 2.34 bits per heavy atom. The van der Waals surface area contributed by atoms with Gasteiger partial charge in [-0.05, 0) is 34.1 Å². The van der Waals surface area contributed by atoms with Crippen LogP contribution in [0.5, 0.6) is 0 Å². The molecule has 0 saturated carbocycles. The molecule has 16 nitrogen and oxygen atoms in total. The number of nitrogens with one attached hydrogen (secondary N) is 2. The van der Waals surface area contributed by atoms with E-state index in [-0.39, 0.29) is 23.1 Å². The van der Waals surface area contributed by atoms with Crippen LogP contribution < -0.4 is 15.7 Å². The number of rotatable bonds is 13. The molecule has 0 bridgehead atoms. The van der Waals surface area contributed by atoms with Crippen LogP contribution >= 0.6 is 7.44 Å². The number of nitrogens with zero attached hydrogens (tertiary/aromatic N) is 5. The normalized spacial score (nSPS) is 23.1. The van der Waals surface area contributed by atoms with E-state index < -0.39 is 62.7 Å². The number of aliphatic hydroxyl groups is 3. The summed E-state index contributed by atoms with van der Waals surface area (Å²) in [5.74, 6) is -3.35. The van der Waals surface area contributed by atoms with E-state index in [0.717, 1.165) is 9.36 Å². The van der Waals surface area contributed by atoms with Gasteiger partial charge in [0, 0.05) is 12.1 Å². The summed E-state index contributed by atoms with van der Waals surface area (Å²) >= 11 is 0. The average Bonchev–Trinajstić information content (AvgIpc) is 3.31. The second-order valence-corrected chi connectivity index (χ2v) is 12.0. The van der Waals surface area contributed by atoms with E-state index in [2.05, 4.69) is 25.6 Å². The van der Waals surface area contributed by atoms with E-state index >= 15 is 0 Å². The van der Waals surface area contributed by atoms with E-state index in [1.807, 2.05) is 6.92 Å². The highest BCUT2D eigenvalue weighted by Crippen LogP contribution is 2.44. The van der Waals surface area contributed by atoms with Crippen molar-refractivity contribution in [2.75, 3.05) is 6.61 Å². The lowest BCUT2D eigenvalue weighted by Crippen LogP contribution is -2.43. The van der Waals surface area contributed by atoms with Crippen LogP contribution in [-0.2, 0) is 32.0 Å². The molecule has 2 aromatic heterocycles. The molecule has 214 valence electrons. The maximum absolute atomic E-state index is 13.5. The predicted octanol–water partition coefficient (Wildman–Crippen LogP) is -0.874. The van der Waals surface area contributed by atoms with Gasteiger partial charge in [0.2, 0.25) is 5.85 Å². The predicted molar refractivity (Wildman–Crippen MR) is 133 cm³/mol. The highest BCUT2D eigenvalue weighted by Gasteiger charge is 2.47. The number of aryl methyl sites for hydroxylation is 1. The van der Waals surface area contributed by atoms with Crippen molar-refractivity contribution in [1.29, 1.82) is 0 Å². The first kappa shape index (κ1) is 30.2. The van der Waals surface area contributed by atoms with E-state index in [1.165, 1.54) is 0 Å². The molecule has 1 aliphatic rings. The third kappa shape index (κ3) is 6.13. The average molecular weight is 562 g/mol. The van der Waals surface area contributed by atoms with Gasteiger partial charge in [-0.2, -0.15) is 9.78 Å². The zero-order chi connectivity index (χ0) is 28.4. The number of aliphatic hydroxyl groups excluding tert-OH is 3. The van der Waals surface area contributed by atoms with E-state index in [1.54, 1.807) is 27.7 Å². The first-order valence-electron chi connectivity index (χ1n) is 12.3. The number of carboxylic acids is 1. The highest BCUT2D eigenvalue weighted by molar-refractivity contribution is 7.61. The lowest BCUT2D eigenvalue weighted by atomic mass is 10.1. The van der Waals surface area contributed by atoms with Crippen LogP contribution in [0.25, 0.3) is 11.0 Å². The van der Waals surface area contributed by atoms with E-state index in [9.17, 15) is 34.6 Å². The summed E-state index contributed by atoms with van der Waals surface area (Å²) in [6.45, 7) is 7.53. The van der Waals surface area contributed by atoms with Gasteiger partial charge in [-0.1, -0.05) is 18.6 Å². The molecule has 17 heteroatoms. The monoisotopic (exact) mass is 561 g/mol. The third-order valence-corrected chi connectivity index (χ3v) is 8.54. The fourth-order valence-corrected chi connectivity index (χ4v) is 6.75. The summed E-state index contributed by atoms with van der Waals surface area (Å²) in [6.07, 6.45) is -4.86. The number of hydrogen-bond acceptors (Lipinski definition) is 11. The number of hydrogen-bond donors (Lipinski definition) is 6. The Kier molecular flexibility index (Phi) is 9.76. The van der Waals surface area contributed by atoms with Gasteiger partial charge >= 0.3 is 5.97 Å². The SMILES string of the molecule is CCCc1nn(CO)c2c(=O)n(C3OC(COC(C(=O)O)P(=O)(NC(C)C)NC(C)C)C(O)C3O)nnc12. The number of ether oxygens (including phenoxy) is 2. The fraction of sp³-hybridized carbons (Fsp3) is 0.762. The molecule has 0 aliphatic carbocycles. The van der Waals surface area contributed by atoms with Crippen LogP contribution in [-0.4, -0.2) is 94.0 Å². The van der Waals surface area contributed by atoms with Gasteiger partial charge in [0.05, 0.1) is 12.3 Å². The molecule has 0 amide bonds. The second-order valence-electron chi connectivity index (χ2n) is 9.67. The van der Waals surface area contributed by atoms with Crippen LogP contribution in [0.1, 0.15) is 53.0 Å². The number of carbonyl (C=O) groups is 1. The molecule has 38 heavy (non-hydrogen) atoms. The van der Waals surface area contributed by atoms with E-state index in [4.69, 9.17) is 9.47 Å². The van der Waals surface area contributed by atoms with Crippen molar-refractivity contribution in [2.24, 2.45) is 0 Å². The van der Waals surface area contributed by atoms with Crippen molar-refractivity contribution < 1.29 is 39.3 Å². The Morgan fingerprint density at radius 1 is 1.18 bits per heavy atom. The number of carboxylic acid groups (broad SMARTS) is 1. The summed E-state index contributed by atoms with van der Waals surface area (Å²) in [7, 11) is -3.84. The zero-order valence-corrected chi connectivity index (χ0v) is 22.8. The molecule has 0 radical (unpaired) electrons. The standard InChI is InChI=1S/C21H36N7O9P/c1-6-7-12-14-15(27(9-29)23-12)18(32)28(26-22-14)19-17(31)16(30)13(37-19)8-36-21(20(33)34)38(35,24-10(2)3)25-11(4)5/h10-11,13,16-17,19,21,29-31H,6-9H2,1-5H3,(H,33,34)(H2,24,25,35). The zero-order valence-electron chi connectivity index (χ0n) is 21.9. The molecular weight excluding hydrogens is 525 g/mol. The van der Waals surface area contributed by atoms with Crippen molar-refractivity contribution >= 4 is 24.4 Å². The molecule has 2 aromatic rings. The molecule has 1 fully saturated rings. The Bertz CT molecular complexity index is 1220. The Labute approximate surface area is 218 Å². The molecule has 5 unspecified atom stereocenters. The molecule has 1 aliphatic heterocycles. The topological polar surface area (TPSA) is 223 Å². The maximum Gasteiger partial charge on any atom is 0.343 e. The Morgan fingerprint density at radius 2 is 1.82 bits per heavy atom. The van der Waals surface area contributed by atoms with Gasteiger partial charge in [0.1, 0.15) is 30.6 Å². The molecule has 1 saturated heterocycles. The summed E-state index contributed by atoms with van der Waals surface area (Å²) in [4.78, 5) is 25.2. The quantitative estimate of drug-likeness (QED) is 0.164. The van der Waals surface area contributed by atoms with Crippen LogP contribution in [0.15, 0.2) is 4.79 Å². The fourth-order valence-electron chi connectivity index (χ4n) is 4.26. The van der Waals surface area contributed by atoms with Gasteiger partial charge in [-0.3, -0.25) is 9.36 Å². The van der Waals surface area contributed by atoms with Crippen molar-refractivity contribution in [2.45, 2.75) is 96.7 Å². The Balaban J connectivity index is 1.86. The van der Waals surface area contributed by atoms with Crippen LogP contribution in [0.2, 0.25) is 0 Å². The first-order chi connectivity index (χ1) is 17.8. The van der Waals surface area contributed by atoms with Crippen molar-refractivity contribution in [1.82, 2.24) is 34.9 Å². The van der Waals surface area contributed by atoms with Gasteiger partial charge in [0.15, 0.2) is 11.7 Å². The van der Waals surface area contributed by atoms with Gasteiger partial charge < -0.3 is 29.9 Å². The van der Waals surface area contributed by atoms with E-state index in [0.29, 0.717) is 18.5 Å². The first-order valence-corrected chi connectivity index (χ1v) is 14.1. The minimum atomic E-state index is -3.84. The molecule has 3 heterocycles. The van der Waals surface area contributed by atoms with Crippen LogP contribution in [0.4, 0.5) is 0 Å². The Hall–Kier alpha value is -2.30. The van der Waals surface area contributed by atoms with Crippen LogP contribution in [0, 0.1) is 0 Å². The van der Waals surface area contributed by atoms with Gasteiger partial charge in [-0.25, -0.2) is 19.7 Å². The van der Waals surface area contributed by atoms with Gasteiger partial charge in [0.25, 0.3) is 13.0 Å². The van der Waals surface area contributed by atoms with Crippen molar-refractivity contribution in [3.05, 3.63) is 16.0 Å². The number of fused-ring (bicyclic) bond motifs is 1. The minimum absolute atomic E-state index is 0.0534. The maximum atomic E-state index is 13.5. The smallest absolute Gasteiger partial charge is 0.343 e. The van der Waals surface area contributed by atoms with Crippen LogP contribution in [0.3, 0.4) is 0 Å². The third-order valence-electron chi connectivity index (χ3n) is 5.71.